The highest BCUT2D eigenvalue weighted by molar-refractivity contribution is 5.94. The van der Waals surface area contributed by atoms with Gasteiger partial charge < -0.3 is 5.32 Å². The second kappa shape index (κ2) is 5.40. The number of anilines is 1. The highest BCUT2D eigenvalue weighted by atomic mass is 16.2. The molecule has 0 unspecified atom stereocenters. The van der Waals surface area contributed by atoms with Gasteiger partial charge in [-0.25, -0.2) is 9.97 Å². The summed E-state index contributed by atoms with van der Waals surface area (Å²) >= 11 is 0. The second-order valence-corrected chi connectivity index (χ2v) is 7.90. The van der Waals surface area contributed by atoms with Crippen LogP contribution in [0.3, 0.4) is 0 Å². The van der Waals surface area contributed by atoms with Crippen LogP contribution in [0.25, 0.3) is 5.95 Å². The highest BCUT2D eigenvalue weighted by Gasteiger charge is 2.56. The van der Waals surface area contributed by atoms with E-state index in [1.54, 1.807) is 23.1 Å². The zero-order chi connectivity index (χ0) is 16.9. The summed E-state index contributed by atoms with van der Waals surface area (Å²) in [6.07, 6.45) is 7.01. The molecular formula is C18H23N5O. The SMILES string of the molecule is CC(C)(C)c1cc(NC(=O)C2[C@H]3CCC[C@H]23)n(-c2ncccn2)n1. The number of fused-ring (bicyclic) bond motifs is 1. The van der Waals surface area contributed by atoms with Gasteiger partial charge in [0.25, 0.3) is 5.95 Å². The van der Waals surface area contributed by atoms with Crippen LogP contribution in [0, 0.1) is 17.8 Å². The topological polar surface area (TPSA) is 72.7 Å². The highest BCUT2D eigenvalue weighted by Crippen LogP contribution is 2.57. The molecule has 126 valence electrons. The van der Waals surface area contributed by atoms with Crippen molar-refractivity contribution in [1.82, 2.24) is 19.7 Å². The number of carbonyl (C=O) groups excluding carboxylic acids is 1. The summed E-state index contributed by atoms with van der Waals surface area (Å²) in [5.41, 5.74) is 0.788. The van der Waals surface area contributed by atoms with Gasteiger partial charge in [0, 0.05) is 29.8 Å². The van der Waals surface area contributed by atoms with Crippen LogP contribution in [-0.4, -0.2) is 25.7 Å². The largest absolute Gasteiger partial charge is 0.310 e. The van der Waals surface area contributed by atoms with E-state index in [1.807, 2.05) is 6.07 Å². The first-order chi connectivity index (χ1) is 11.4. The van der Waals surface area contributed by atoms with Gasteiger partial charge in [0.2, 0.25) is 5.91 Å². The standard InChI is InChI=1S/C18H23N5O/c1-18(2,3)13-10-14(23(22-13)17-19-8-5-9-20-17)21-16(24)15-11-6-4-7-12(11)15/h5,8-12,15H,4,6-7H2,1-3H3,(H,21,24)/t11-,12-/m0/s1. The number of amides is 1. The van der Waals surface area contributed by atoms with Crippen LogP contribution < -0.4 is 5.32 Å². The van der Waals surface area contributed by atoms with E-state index >= 15 is 0 Å². The average molecular weight is 325 g/mol. The van der Waals surface area contributed by atoms with Crippen molar-refractivity contribution in [3.63, 3.8) is 0 Å². The molecule has 0 bridgehead atoms. The Morgan fingerprint density at radius 3 is 2.50 bits per heavy atom. The lowest BCUT2D eigenvalue weighted by molar-refractivity contribution is -0.118. The predicted octanol–water partition coefficient (Wildman–Crippen LogP) is 2.94. The lowest BCUT2D eigenvalue weighted by Crippen LogP contribution is -2.19. The van der Waals surface area contributed by atoms with E-state index < -0.39 is 0 Å². The third-order valence-corrected chi connectivity index (χ3v) is 5.18. The number of nitrogens with zero attached hydrogens (tertiary/aromatic N) is 4. The maximum Gasteiger partial charge on any atom is 0.252 e. The summed E-state index contributed by atoms with van der Waals surface area (Å²) in [4.78, 5) is 21.2. The van der Waals surface area contributed by atoms with Crippen LogP contribution in [-0.2, 0) is 10.2 Å². The van der Waals surface area contributed by atoms with Crippen LogP contribution in [0.2, 0.25) is 0 Å². The quantitative estimate of drug-likeness (QED) is 0.941. The molecule has 0 aromatic carbocycles. The van der Waals surface area contributed by atoms with Crippen molar-refractivity contribution in [2.24, 2.45) is 17.8 Å². The van der Waals surface area contributed by atoms with Crippen molar-refractivity contribution in [3.05, 3.63) is 30.2 Å². The van der Waals surface area contributed by atoms with Gasteiger partial charge in [0.05, 0.1) is 5.69 Å². The van der Waals surface area contributed by atoms with Gasteiger partial charge in [-0.1, -0.05) is 27.2 Å². The summed E-state index contributed by atoms with van der Waals surface area (Å²) in [7, 11) is 0. The number of rotatable bonds is 3. The van der Waals surface area contributed by atoms with Crippen molar-refractivity contribution in [1.29, 1.82) is 0 Å². The van der Waals surface area contributed by atoms with Crippen molar-refractivity contribution >= 4 is 11.7 Å². The summed E-state index contributed by atoms with van der Waals surface area (Å²) in [5.74, 6) is 2.60. The molecule has 2 heterocycles. The van der Waals surface area contributed by atoms with Crippen molar-refractivity contribution in [3.8, 4) is 5.95 Å². The molecule has 0 aliphatic heterocycles. The second-order valence-electron chi connectivity index (χ2n) is 7.90. The van der Waals surface area contributed by atoms with Crippen LogP contribution in [0.4, 0.5) is 5.82 Å². The maximum atomic E-state index is 12.6. The lowest BCUT2D eigenvalue weighted by Gasteiger charge is -2.13. The number of carbonyl (C=O) groups is 1. The van der Waals surface area contributed by atoms with Crippen LogP contribution in [0.1, 0.15) is 45.7 Å². The first-order valence-electron chi connectivity index (χ1n) is 8.64. The van der Waals surface area contributed by atoms with Crippen LogP contribution >= 0.6 is 0 Å². The number of hydrogen-bond donors (Lipinski definition) is 1. The molecular weight excluding hydrogens is 302 g/mol. The molecule has 6 heteroatoms. The fourth-order valence-electron chi connectivity index (χ4n) is 3.81. The first kappa shape index (κ1) is 15.3. The minimum atomic E-state index is -0.115. The Hall–Kier alpha value is -2.24. The molecule has 0 radical (unpaired) electrons. The Morgan fingerprint density at radius 1 is 1.21 bits per heavy atom. The third-order valence-electron chi connectivity index (χ3n) is 5.18. The Balaban J connectivity index is 1.63. The maximum absolute atomic E-state index is 12.6. The third kappa shape index (κ3) is 2.60. The molecule has 1 amide bonds. The van der Waals surface area contributed by atoms with Crippen LogP contribution in [0.5, 0.6) is 0 Å². The Labute approximate surface area is 141 Å². The molecule has 2 aromatic rings. The monoisotopic (exact) mass is 325 g/mol. The van der Waals surface area contributed by atoms with E-state index in [9.17, 15) is 4.79 Å². The minimum absolute atomic E-state index is 0.113. The van der Waals surface area contributed by atoms with E-state index in [2.05, 4.69) is 41.2 Å². The molecule has 2 saturated carbocycles. The number of nitrogens with one attached hydrogen (secondary N) is 1. The Kier molecular flexibility index (Phi) is 3.44. The molecule has 4 rings (SSSR count). The average Bonchev–Trinajstić information content (AvgIpc) is 2.90. The molecule has 2 atom stereocenters. The van der Waals surface area contributed by atoms with E-state index in [1.165, 1.54) is 19.3 Å². The molecule has 1 N–H and O–H groups in total. The van der Waals surface area contributed by atoms with Crippen LogP contribution in [0.15, 0.2) is 24.5 Å². The number of aromatic nitrogens is 4. The van der Waals surface area contributed by atoms with Crippen molar-refractivity contribution in [2.45, 2.75) is 45.4 Å². The van der Waals surface area contributed by atoms with Gasteiger partial charge >= 0.3 is 0 Å². The van der Waals surface area contributed by atoms with Gasteiger partial charge in [-0.2, -0.15) is 9.78 Å². The molecule has 0 saturated heterocycles. The van der Waals surface area contributed by atoms with Crippen molar-refractivity contribution in [2.75, 3.05) is 5.32 Å². The minimum Gasteiger partial charge on any atom is -0.310 e. The summed E-state index contributed by atoms with van der Waals surface area (Å²) in [6.45, 7) is 6.30. The molecule has 2 aromatic heterocycles. The van der Waals surface area contributed by atoms with Gasteiger partial charge in [-0.05, 0) is 30.7 Å². The lowest BCUT2D eigenvalue weighted by atomic mass is 9.92. The van der Waals surface area contributed by atoms with Crippen molar-refractivity contribution < 1.29 is 4.79 Å². The first-order valence-corrected chi connectivity index (χ1v) is 8.64. The molecule has 24 heavy (non-hydrogen) atoms. The van der Waals surface area contributed by atoms with E-state index in [0.29, 0.717) is 23.6 Å². The Bertz CT molecular complexity index is 751. The normalized spacial score (nSPS) is 25.4. The zero-order valence-electron chi connectivity index (χ0n) is 14.4. The van der Waals surface area contributed by atoms with E-state index in [4.69, 9.17) is 0 Å². The summed E-state index contributed by atoms with van der Waals surface area (Å²) < 4.78 is 1.64. The molecule has 0 spiro atoms. The van der Waals surface area contributed by atoms with E-state index in [0.717, 1.165) is 5.69 Å². The fraction of sp³-hybridized carbons (Fsp3) is 0.556. The number of hydrogen-bond acceptors (Lipinski definition) is 4. The van der Waals surface area contributed by atoms with Gasteiger partial charge in [0.1, 0.15) is 5.82 Å². The molecule has 2 aliphatic rings. The van der Waals surface area contributed by atoms with E-state index in [-0.39, 0.29) is 17.2 Å². The zero-order valence-corrected chi connectivity index (χ0v) is 14.4. The molecule has 6 nitrogen and oxygen atoms in total. The molecule has 2 fully saturated rings. The predicted molar refractivity (Wildman–Crippen MR) is 90.8 cm³/mol. The van der Waals surface area contributed by atoms with Gasteiger partial charge in [-0.3, -0.25) is 4.79 Å². The smallest absolute Gasteiger partial charge is 0.252 e. The van der Waals surface area contributed by atoms with Gasteiger partial charge in [0.15, 0.2) is 0 Å². The van der Waals surface area contributed by atoms with Gasteiger partial charge in [-0.15, -0.1) is 0 Å². The Morgan fingerprint density at radius 2 is 1.88 bits per heavy atom. The fourth-order valence-corrected chi connectivity index (χ4v) is 3.81. The summed E-state index contributed by atoms with van der Waals surface area (Å²) in [5, 5.41) is 7.71. The molecule has 2 aliphatic carbocycles. The summed E-state index contributed by atoms with van der Waals surface area (Å²) in [6, 6.07) is 3.70.